The molecule has 1 rings (SSSR count). The van der Waals surface area contributed by atoms with E-state index in [1.165, 1.54) is 17.4 Å². The molecule has 0 aliphatic rings. The molecule has 92 valence electrons. The molecule has 17 heavy (non-hydrogen) atoms. The fourth-order valence-electron chi connectivity index (χ4n) is 1.10. The number of alkyl halides is 3. The largest absolute Gasteiger partial charge is 0.471 e. The molecule has 0 fully saturated rings. The minimum Gasteiger partial charge on any atom is -0.341 e. The Morgan fingerprint density at radius 3 is 2.18 bits per heavy atom. The lowest BCUT2D eigenvalue weighted by Crippen LogP contribution is -2.39. The van der Waals surface area contributed by atoms with Gasteiger partial charge in [0.25, 0.3) is 0 Å². The number of nitrogens with one attached hydrogen (secondary N) is 1. The lowest BCUT2D eigenvalue weighted by atomic mass is 10.1. The molecular formula is C11H10F3NO2. The molecule has 0 bridgehead atoms. The van der Waals surface area contributed by atoms with Crippen LogP contribution in [0.3, 0.4) is 0 Å². The van der Waals surface area contributed by atoms with Gasteiger partial charge in [0.05, 0.1) is 6.54 Å². The summed E-state index contributed by atoms with van der Waals surface area (Å²) in [7, 11) is 0. The van der Waals surface area contributed by atoms with E-state index in [2.05, 4.69) is 0 Å². The van der Waals surface area contributed by atoms with E-state index < -0.39 is 24.4 Å². The Morgan fingerprint density at radius 1 is 1.18 bits per heavy atom. The lowest BCUT2D eigenvalue weighted by molar-refractivity contribution is -0.173. The number of carbonyl (C=O) groups is 2. The van der Waals surface area contributed by atoms with Gasteiger partial charge < -0.3 is 5.32 Å². The van der Waals surface area contributed by atoms with Crippen LogP contribution in [0.5, 0.6) is 0 Å². The van der Waals surface area contributed by atoms with Crippen molar-refractivity contribution in [3.05, 3.63) is 35.4 Å². The molecule has 0 radical (unpaired) electrons. The first kappa shape index (κ1) is 13.2. The number of rotatable bonds is 3. The Labute approximate surface area is 95.6 Å². The number of benzene rings is 1. The zero-order valence-electron chi connectivity index (χ0n) is 8.97. The minimum absolute atomic E-state index is 0.262. The second-order valence-electron chi connectivity index (χ2n) is 3.47. The van der Waals surface area contributed by atoms with Gasteiger partial charge in [0, 0.05) is 5.56 Å². The van der Waals surface area contributed by atoms with Crippen LogP contribution in [0.25, 0.3) is 0 Å². The van der Waals surface area contributed by atoms with Gasteiger partial charge in [-0.25, -0.2) is 0 Å². The Kier molecular flexibility index (Phi) is 3.88. The smallest absolute Gasteiger partial charge is 0.341 e. The van der Waals surface area contributed by atoms with E-state index in [-0.39, 0.29) is 5.56 Å². The summed E-state index contributed by atoms with van der Waals surface area (Å²) >= 11 is 0. The average Bonchev–Trinajstić information content (AvgIpc) is 2.25. The molecule has 0 aliphatic heterocycles. The molecule has 0 spiro atoms. The van der Waals surface area contributed by atoms with Crippen molar-refractivity contribution in [2.24, 2.45) is 0 Å². The van der Waals surface area contributed by atoms with E-state index >= 15 is 0 Å². The van der Waals surface area contributed by atoms with E-state index in [0.29, 0.717) is 0 Å². The highest BCUT2D eigenvalue weighted by Gasteiger charge is 2.38. The zero-order valence-corrected chi connectivity index (χ0v) is 8.97. The summed E-state index contributed by atoms with van der Waals surface area (Å²) in [5, 5.41) is 1.52. The third-order valence-corrected chi connectivity index (χ3v) is 2.04. The van der Waals surface area contributed by atoms with E-state index in [4.69, 9.17) is 0 Å². The number of ketones is 1. The summed E-state index contributed by atoms with van der Waals surface area (Å²) in [5.74, 6) is -2.68. The van der Waals surface area contributed by atoms with Crippen molar-refractivity contribution in [3.8, 4) is 0 Å². The quantitative estimate of drug-likeness (QED) is 0.826. The molecule has 0 saturated carbocycles. The van der Waals surface area contributed by atoms with Crippen LogP contribution in [-0.4, -0.2) is 24.4 Å². The maximum atomic E-state index is 11.8. The summed E-state index contributed by atoms with van der Waals surface area (Å²) in [6, 6.07) is 6.33. The van der Waals surface area contributed by atoms with Gasteiger partial charge in [0.15, 0.2) is 5.78 Å². The van der Waals surface area contributed by atoms with Gasteiger partial charge in [-0.2, -0.15) is 13.2 Å². The van der Waals surface area contributed by atoms with Gasteiger partial charge in [0.2, 0.25) is 0 Å². The molecule has 1 amide bonds. The maximum absolute atomic E-state index is 11.8. The van der Waals surface area contributed by atoms with Gasteiger partial charge in [-0.3, -0.25) is 9.59 Å². The minimum atomic E-state index is -4.96. The van der Waals surface area contributed by atoms with Crippen LogP contribution in [0.4, 0.5) is 13.2 Å². The maximum Gasteiger partial charge on any atom is 0.471 e. The number of aryl methyl sites for hydroxylation is 1. The van der Waals surface area contributed by atoms with Crippen LogP contribution >= 0.6 is 0 Å². The standard InChI is InChI=1S/C11H10F3NO2/c1-7-2-4-8(5-3-7)9(16)6-15-10(17)11(12,13)14/h2-5H,6H2,1H3,(H,15,17). The average molecular weight is 245 g/mol. The number of halogens is 3. The Balaban J connectivity index is 2.56. The second-order valence-corrected chi connectivity index (χ2v) is 3.47. The molecule has 0 aromatic heterocycles. The fraction of sp³-hybridized carbons (Fsp3) is 0.273. The van der Waals surface area contributed by atoms with Crippen LogP contribution in [0, 0.1) is 6.92 Å². The van der Waals surface area contributed by atoms with Crippen LogP contribution in [0.2, 0.25) is 0 Å². The molecule has 0 unspecified atom stereocenters. The van der Waals surface area contributed by atoms with E-state index in [9.17, 15) is 22.8 Å². The first-order chi connectivity index (χ1) is 7.80. The number of carbonyl (C=O) groups excluding carboxylic acids is 2. The molecule has 0 aliphatic carbocycles. The van der Waals surface area contributed by atoms with E-state index in [0.717, 1.165) is 5.56 Å². The monoisotopic (exact) mass is 245 g/mol. The van der Waals surface area contributed by atoms with Gasteiger partial charge in [0.1, 0.15) is 0 Å². The predicted molar refractivity (Wildman–Crippen MR) is 54.6 cm³/mol. The van der Waals surface area contributed by atoms with Crippen molar-refractivity contribution >= 4 is 11.7 Å². The fourth-order valence-corrected chi connectivity index (χ4v) is 1.10. The predicted octanol–water partition coefficient (Wildman–Crippen LogP) is 1.86. The molecule has 1 N–H and O–H groups in total. The second kappa shape index (κ2) is 4.99. The topological polar surface area (TPSA) is 46.2 Å². The molecule has 1 aromatic rings. The molecular weight excluding hydrogens is 235 g/mol. The van der Waals surface area contributed by atoms with Crippen molar-refractivity contribution in [2.75, 3.05) is 6.54 Å². The van der Waals surface area contributed by atoms with E-state index in [1.54, 1.807) is 12.1 Å². The molecule has 0 saturated heterocycles. The van der Waals surface area contributed by atoms with Crippen LogP contribution in [0.15, 0.2) is 24.3 Å². The summed E-state index contributed by atoms with van der Waals surface area (Å²) < 4.78 is 35.5. The summed E-state index contributed by atoms with van der Waals surface area (Å²) in [4.78, 5) is 21.9. The Morgan fingerprint density at radius 2 is 1.71 bits per heavy atom. The first-order valence-electron chi connectivity index (χ1n) is 4.75. The van der Waals surface area contributed by atoms with Gasteiger partial charge >= 0.3 is 12.1 Å². The zero-order chi connectivity index (χ0) is 13.1. The van der Waals surface area contributed by atoms with Crippen molar-refractivity contribution in [3.63, 3.8) is 0 Å². The number of Topliss-reactive ketones (excluding diaryl/α,β-unsaturated/α-hetero) is 1. The van der Waals surface area contributed by atoms with Gasteiger partial charge in [-0.15, -0.1) is 0 Å². The van der Waals surface area contributed by atoms with Crippen molar-refractivity contribution in [1.82, 2.24) is 5.32 Å². The first-order valence-corrected chi connectivity index (χ1v) is 4.75. The Bertz CT molecular complexity index is 423. The Hall–Kier alpha value is -1.85. The van der Waals surface area contributed by atoms with Gasteiger partial charge in [-0.05, 0) is 6.92 Å². The highest BCUT2D eigenvalue weighted by molar-refractivity contribution is 5.99. The molecule has 6 heteroatoms. The number of hydrogen-bond donors (Lipinski definition) is 1. The molecule has 0 heterocycles. The van der Waals surface area contributed by atoms with Crippen LogP contribution in [-0.2, 0) is 4.79 Å². The molecule has 1 aromatic carbocycles. The molecule has 0 atom stereocenters. The highest BCUT2D eigenvalue weighted by Crippen LogP contribution is 2.14. The van der Waals surface area contributed by atoms with Crippen LogP contribution < -0.4 is 5.32 Å². The van der Waals surface area contributed by atoms with Crippen molar-refractivity contribution in [2.45, 2.75) is 13.1 Å². The third-order valence-electron chi connectivity index (χ3n) is 2.04. The normalized spacial score (nSPS) is 11.1. The molecule has 3 nitrogen and oxygen atoms in total. The van der Waals surface area contributed by atoms with E-state index in [1.807, 2.05) is 6.92 Å². The number of amides is 1. The summed E-state index contributed by atoms with van der Waals surface area (Å²) in [5.41, 5.74) is 1.19. The summed E-state index contributed by atoms with van der Waals surface area (Å²) in [6.45, 7) is 1.15. The number of hydrogen-bond acceptors (Lipinski definition) is 2. The SMILES string of the molecule is Cc1ccc(C(=O)CNC(=O)C(F)(F)F)cc1. The van der Waals surface area contributed by atoms with Gasteiger partial charge in [-0.1, -0.05) is 29.8 Å². The van der Waals surface area contributed by atoms with Crippen LogP contribution in [0.1, 0.15) is 15.9 Å². The highest BCUT2D eigenvalue weighted by atomic mass is 19.4. The summed E-state index contributed by atoms with van der Waals surface area (Å²) in [6.07, 6.45) is -4.96. The lowest BCUT2D eigenvalue weighted by Gasteiger charge is -2.07. The van der Waals surface area contributed by atoms with Crippen molar-refractivity contribution in [1.29, 1.82) is 0 Å². The van der Waals surface area contributed by atoms with Crippen molar-refractivity contribution < 1.29 is 22.8 Å². The third kappa shape index (κ3) is 3.90.